The molecular weight excluding hydrogens is 276 g/mol. The van der Waals surface area contributed by atoms with E-state index in [-0.39, 0.29) is 10.9 Å². The Balaban J connectivity index is 1.97. The molecule has 1 aliphatic carbocycles. The minimum absolute atomic E-state index is 0.0665. The largest absolute Gasteiger partial charge is 0.318 e. The van der Waals surface area contributed by atoms with E-state index in [4.69, 9.17) is 0 Å². The first-order valence-electron chi connectivity index (χ1n) is 7.20. The maximum absolute atomic E-state index is 12.3. The van der Waals surface area contributed by atoms with Gasteiger partial charge in [0.05, 0.1) is 12.7 Å². The van der Waals surface area contributed by atoms with E-state index in [1.165, 1.54) is 6.20 Å². The number of hydrogen-bond acceptors (Lipinski definition) is 4. The number of likely N-dealkylation sites (N-methyl/N-ethyl adjacent to an activating group) is 1. The summed E-state index contributed by atoms with van der Waals surface area (Å²) in [5.74, 6) is 0.708. The van der Waals surface area contributed by atoms with Gasteiger partial charge < -0.3 is 5.32 Å². The zero-order valence-electron chi connectivity index (χ0n) is 12.2. The van der Waals surface area contributed by atoms with E-state index in [2.05, 4.69) is 22.1 Å². The monoisotopic (exact) mass is 300 g/mol. The lowest BCUT2D eigenvalue weighted by molar-refractivity contribution is 0.332. The summed E-state index contributed by atoms with van der Waals surface area (Å²) in [6.07, 6.45) is 7.04. The normalized spacial score (nSPS) is 23.9. The van der Waals surface area contributed by atoms with E-state index in [1.54, 1.807) is 10.9 Å². The summed E-state index contributed by atoms with van der Waals surface area (Å²) in [5.41, 5.74) is 0. The predicted octanol–water partition coefficient (Wildman–Crippen LogP) is 0.959. The molecule has 2 rings (SSSR count). The SMILES string of the molecule is CNCCn1cc(S(=O)(=O)NC2CCC(C)CC2)cn1. The van der Waals surface area contributed by atoms with Crippen LogP contribution in [-0.4, -0.2) is 37.8 Å². The fourth-order valence-electron chi connectivity index (χ4n) is 2.50. The first-order valence-corrected chi connectivity index (χ1v) is 8.69. The number of nitrogens with zero attached hydrogens (tertiary/aromatic N) is 2. The smallest absolute Gasteiger partial charge is 0.243 e. The van der Waals surface area contributed by atoms with Crippen LogP contribution in [0.1, 0.15) is 32.6 Å². The van der Waals surface area contributed by atoms with Crippen LogP contribution in [0.3, 0.4) is 0 Å². The van der Waals surface area contributed by atoms with Crippen molar-refractivity contribution < 1.29 is 8.42 Å². The Morgan fingerprint density at radius 1 is 1.35 bits per heavy atom. The lowest BCUT2D eigenvalue weighted by Crippen LogP contribution is -2.37. The molecule has 20 heavy (non-hydrogen) atoms. The molecular formula is C13H24N4O2S. The van der Waals surface area contributed by atoms with E-state index in [0.717, 1.165) is 32.2 Å². The van der Waals surface area contributed by atoms with Gasteiger partial charge in [0.15, 0.2) is 0 Å². The molecule has 0 aromatic carbocycles. The minimum Gasteiger partial charge on any atom is -0.318 e. The second kappa shape index (κ2) is 6.69. The summed E-state index contributed by atoms with van der Waals surface area (Å²) in [6.45, 7) is 3.64. The van der Waals surface area contributed by atoms with Crippen molar-refractivity contribution in [3.63, 3.8) is 0 Å². The van der Waals surface area contributed by atoms with E-state index in [1.807, 2.05) is 7.05 Å². The summed E-state index contributed by atoms with van der Waals surface area (Å²) < 4.78 is 29.0. The van der Waals surface area contributed by atoms with Crippen molar-refractivity contribution in [2.24, 2.45) is 5.92 Å². The summed E-state index contributed by atoms with van der Waals surface area (Å²) in [5, 5.41) is 7.09. The highest BCUT2D eigenvalue weighted by Gasteiger charge is 2.24. The molecule has 7 heteroatoms. The number of rotatable bonds is 6. The average molecular weight is 300 g/mol. The lowest BCUT2D eigenvalue weighted by Gasteiger charge is -2.26. The molecule has 6 nitrogen and oxygen atoms in total. The third-order valence-corrected chi connectivity index (χ3v) is 5.32. The van der Waals surface area contributed by atoms with Gasteiger partial charge >= 0.3 is 0 Å². The molecule has 2 N–H and O–H groups in total. The second-order valence-corrected chi connectivity index (χ2v) is 7.33. The Hall–Kier alpha value is -0.920. The van der Waals surface area contributed by atoms with Gasteiger partial charge in [-0.1, -0.05) is 6.92 Å². The highest BCUT2D eigenvalue weighted by atomic mass is 32.2. The Kier molecular flexibility index (Phi) is 5.17. The van der Waals surface area contributed by atoms with Crippen LogP contribution >= 0.6 is 0 Å². The van der Waals surface area contributed by atoms with Gasteiger partial charge in [0.1, 0.15) is 4.90 Å². The fourth-order valence-corrected chi connectivity index (χ4v) is 3.75. The minimum atomic E-state index is -3.44. The van der Waals surface area contributed by atoms with Crippen LogP contribution in [0, 0.1) is 5.92 Å². The number of nitrogens with one attached hydrogen (secondary N) is 2. The third-order valence-electron chi connectivity index (χ3n) is 3.85. The van der Waals surface area contributed by atoms with Crippen LogP contribution in [0.5, 0.6) is 0 Å². The van der Waals surface area contributed by atoms with Crippen LogP contribution in [0.25, 0.3) is 0 Å². The van der Waals surface area contributed by atoms with Crippen molar-refractivity contribution in [3.8, 4) is 0 Å². The third kappa shape index (κ3) is 4.04. The zero-order valence-corrected chi connectivity index (χ0v) is 13.0. The quantitative estimate of drug-likeness (QED) is 0.820. The maximum atomic E-state index is 12.3. The summed E-state index contributed by atoms with van der Waals surface area (Å²) in [6, 6.07) is 0.0665. The van der Waals surface area contributed by atoms with E-state index < -0.39 is 10.0 Å². The van der Waals surface area contributed by atoms with Crippen molar-refractivity contribution in [2.75, 3.05) is 13.6 Å². The molecule has 0 spiro atoms. The fraction of sp³-hybridized carbons (Fsp3) is 0.769. The van der Waals surface area contributed by atoms with Crippen molar-refractivity contribution in [2.45, 2.75) is 50.1 Å². The van der Waals surface area contributed by atoms with Gasteiger partial charge in [-0.15, -0.1) is 0 Å². The van der Waals surface area contributed by atoms with Crippen molar-refractivity contribution >= 4 is 10.0 Å². The topological polar surface area (TPSA) is 76.0 Å². The number of sulfonamides is 1. The van der Waals surface area contributed by atoms with Crippen LogP contribution in [0.4, 0.5) is 0 Å². The van der Waals surface area contributed by atoms with Gasteiger partial charge in [0, 0.05) is 18.8 Å². The van der Waals surface area contributed by atoms with Gasteiger partial charge in [-0.05, 0) is 38.6 Å². The number of aromatic nitrogens is 2. The summed E-state index contributed by atoms with van der Waals surface area (Å²) in [4.78, 5) is 0.257. The Morgan fingerprint density at radius 3 is 2.70 bits per heavy atom. The average Bonchev–Trinajstić information content (AvgIpc) is 2.88. The van der Waals surface area contributed by atoms with Crippen LogP contribution in [0.15, 0.2) is 17.3 Å². The highest BCUT2D eigenvalue weighted by molar-refractivity contribution is 7.89. The first-order chi connectivity index (χ1) is 9.51. The lowest BCUT2D eigenvalue weighted by atomic mass is 9.88. The molecule has 0 aliphatic heterocycles. The molecule has 1 fully saturated rings. The molecule has 0 amide bonds. The standard InChI is InChI=1S/C13H24N4O2S/c1-11-3-5-12(6-4-11)16-20(18,19)13-9-15-17(10-13)8-7-14-2/h9-12,14,16H,3-8H2,1-2H3. The van der Waals surface area contributed by atoms with E-state index in [9.17, 15) is 8.42 Å². The van der Waals surface area contributed by atoms with Crippen molar-refractivity contribution in [1.82, 2.24) is 19.8 Å². The summed E-state index contributed by atoms with van der Waals surface area (Å²) in [7, 11) is -1.58. The highest BCUT2D eigenvalue weighted by Crippen LogP contribution is 2.24. The molecule has 0 unspecified atom stereocenters. The molecule has 1 aromatic rings. The number of hydrogen-bond donors (Lipinski definition) is 2. The van der Waals surface area contributed by atoms with Gasteiger partial charge in [-0.3, -0.25) is 4.68 Å². The molecule has 0 atom stereocenters. The molecule has 114 valence electrons. The molecule has 1 saturated carbocycles. The summed E-state index contributed by atoms with van der Waals surface area (Å²) >= 11 is 0. The van der Waals surface area contributed by atoms with Gasteiger partial charge in [0.25, 0.3) is 0 Å². The van der Waals surface area contributed by atoms with Crippen LogP contribution in [0.2, 0.25) is 0 Å². The first kappa shape index (κ1) is 15.5. The molecule has 0 radical (unpaired) electrons. The molecule has 1 aliphatic rings. The zero-order chi connectivity index (χ0) is 14.6. The molecule has 1 aromatic heterocycles. The van der Waals surface area contributed by atoms with E-state index in [0.29, 0.717) is 12.5 Å². The van der Waals surface area contributed by atoms with Gasteiger partial charge in [-0.2, -0.15) is 5.10 Å². The molecule has 1 heterocycles. The van der Waals surface area contributed by atoms with Crippen molar-refractivity contribution in [1.29, 1.82) is 0 Å². The van der Waals surface area contributed by atoms with Gasteiger partial charge in [-0.25, -0.2) is 13.1 Å². The Labute approximate surface area is 121 Å². The van der Waals surface area contributed by atoms with Crippen LogP contribution in [-0.2, 0) is 16.6 Å². The maximum Gasteiger partial charge on any atom is 0.243 e. The van der Waals surface area contributed by atoms with Crippen molar-refractivity contribution in [3.05, 3.63) is 12.4 Å². The molecule has 0 bridgehead atoms. The second-order valence-electron chi connectivity index (χ2n) is 5.62. The molecule has 0 saturated heterocycles. The Morgan fingerprint density at radius 2 is 2.05 bits per heavy atom. The van der Waals surface area contributed by atoms with Gasteiger partial charge in [0.2, 0.25) is 10.0 Å². The van der Waals surface area contributed by atoms with E-state index >= 15 is 0 Å². The predicted molar refractivity (Wildman–Crippen MR) is 77.9 cm³/mol. The van der Waals surface area contributed by atoms with Crippen LogP contribution < -0.4 is 10.0 Å². The Bertz CT molecular complexity index is 518.